The van der Waals surface area contributed by atoms with Crippen molar-refractivity contribution < 1.29 is 4.74 Å². The first-order chi connectivity index (χ1) is 6.22. The normalized spacial score (nSPS) is 15.7. The number of nitrogens with one attached hydrogen (secondary N) is 1. The predicted octanol–water partition coefficient (Wildman–Crippen LogP) is 2.44. The van der Waals surface area contributed by atoms with Crippen molar-refractivity contribution in [1.82, 2.24) is 5.32 Å². The molecule has 0 rings (SSSR count). The molecule has 0 aromatic heterocycles. The molecule has 1 N–H and O–H groups in total. The average molecular weight is 187 g/mol. The molecule has 13 heavy (non-hydrogen) atoms. The van der Waals surface area contributed by atoms with Crippen molar-refractivity contribution in [2.75, 3.05) is 20.3 Å². The van der Waals surface area contributed by atoms with Crippen LogP contribution in [0.5, 0.6) is 0 Å². The number of rotatable bonds is 8. The number of methoxy groups -OCH3 is 1. The highest BCUT2D eigenvalue weighted by atomic mass is 16.5. The molecule has 0 radical (unpaired) electrons. The molecule has 0 unspecified atom stereocenters. The summed E-state index contributed by atoms with van der Waals surface area (Å²) in [6.45, 7) is 8.82. The molecule has 0 aliphatic carbocycles. The van der Waals surface area contributed by atoms with Gasteiger partial charge in [-0.2, -0.15) is 0 Å². The van der Waals surface area contributed by atoms with Gasteiger partial charge in [-0.05, 0) is 32.2 Å². The van der Waals surface area contributed by atoms with E-state index >= 15 is 0 Å². The van der Waals surface area contributed by atoms with Crippen LogP contribution in [0.2, 0.25) is 0 Å². The Kier molecular flexibility index (Phi) is 8.46. The molecule has 0 aliphatic heterocycles. The minimum atomic E-state index is 0.646. The van der Waals surface area contributed by atoms with Gasteiger partial charge in [0, 0.05) is 19.8 Å². The molecule has 2 atom stereocenters. The lowest BCUT2D eigenvalue weighted by molar-refractivity contribution is 0.192. The fourth-order valence-corrected chi connectivity index (χ4v) is 1.26. The van der Waals surface area contributed by atoms with Crippen molar-refractivity contribution in [2.24, 2.45) is 5.92 Å². The highest BCUT2D eigenvalue weighted by molar-refractivity contribution is 4.66. The molecule has 80 valence electrons. The number of hydrogen-bond donors (Lipinski definition) is 1. The van der Waals surface area contributed by atoms with E-state index in [4.69, 9.17) is 4.74 Å². The van der Waals surface area contributed by atoms with Gasteiger partial charge in [-0.15, -0.1) is 0 Å². The molecule has 0 aromatic rings. The molecule has 0 aliphatic rings. The van der Waals surface area contributed by atoms with Gasteiger partial charge < -0.3 is 10.1 Å². The van der Waals surface area contributed by atoms with Crippen molar-refractivity contribution in [3.8, 4) is 0 Å². The Morgan fingerprint density at radius 1 is 1.23 bits per heavy atom. The zero-order valence-corrected chi connectivity index (χ0v) is 9.60. The summed E-state index contributed by atoms with van der Waals surface area (Å²) in [7, 11) is 1.76. The van der Waals surface area contributed by atoms with Gasteiger partial charge >= 0.3 is 0 Å². The van der Waals surface area contributed by atoms with Gasteiger partial charge in [-0.25, -0.2) is 0 Å². The van der Waals surface area contributed by atoms with Gasteiger partial charge in [0.1, 0.15) is 0 Å². The molecule has 0 aromatic carbocycles. The summed E-state index contributed by atoms with van der Waals surface area (Å²) < 4.78 is 4.99. The largest absolute Gasteiger partial charge is 0.385 e. The van der Waals surface area contributed by atoms with Gasteiger partial charge in [-0.3, -0.25) is 0 Å². The maximum absolute atomic E-state index is 4.99. The van der Waals surface area contributed by atoms with Gasteiger partial charge in [0.25, 0.3) is 0 Å². The van der Waals surface area contributed by atoms with E-state index in [2.05, 4.69) is 26.1 Å². The Morgan fingerprint density at radius 2 is 1.92 bits per heavy atom. The highest BCUT2D eigenvalue weighted by Gasteiger charge is 2.07. The smallest absolute Gasteiger partial charge is 0.0462 e. The maximum Gasteiger partial charge on any atom is 0.0462 e. The van der Waals surface area contributed by atoms with E-state index in [1.54, 1.807) is 7.11 Å². The van der Waals surface area contributed by atoms with Crippen LogP contribution in [-0.2, 0) is 4.74 Å². The fourth-order valence-electron chi connectivity index (χ4n) is 1.26. The Bertz CT molecular complexity index is 106. The van der Waals surface area contributed by atoms with Crippen molar-refractivity contribution in [3.63, 3.8) is 0 Å². The van der Waals surface area contributed by atoms with Crippen LogP contribution < -0.4 is 5.32 Å². The summed E-state index contributed by atoms with van der Waals surface area (Å²) in [6, 6.07) is 0.646. The second kappa shape index (κ2) is 8.52. The predicted molar refractivity (Wildman–Crippen MR) is 58.0 cm³/mol. The zero-order chi connectivity index (χ0) is 10.1. The van der Waals surface area contributed by atoms with Crippen LogP contribution in [0.4, 0.5) is 0 Å². The molecule has 0 amide bonds. The van der Waals surface area contributed by atoms with Crippen LogP contribution >= 0.6 is 0 Å². The van der Waals surface area contributed by atoms with Crippen LogP contribution in [0.25, 0.3) is 0 Å². The van der Waals surface area contributed by atoms with E-state index in [0.29, 0.717) is 6.04 Å². The molecule has 0 heterocycles. The Labute approximate surface area is 83.1 Å². The third-order valence-electron chi connectivity index (χ3n) is 2.74. The van der Waals surface area contributed by atoms with E-state index in [1.165, 1.54) is 12.8 Å². The van der Waals surface area contributed by atoms with Gasteiger partial charge in [-0.1, -0.05) is 20.3 Å². The monoisotopic (exact) mass is 187 g/mol. The first-order valence-corrected chi connectivity index (χ1v) is 5.44. The van der Waals surface area contributed by atoms with Crippen LogP contribution in [0.15, 0.2) is 0 Å². The summed E-state index contributed by atoms with van der Waals surface area (Å²) in [5.74, 6) is 0.780. The Morgan fingerprint density at radius 3 is 2.46 bits per heavy atom. The highest BCUT2D eigenvalue weighted by Crippen LogP contribution is 2.06. The standard InChI is InChI=1S/C11H25NO/c1-5-10(2)11(3)12-8-6-7-9-13-4/h10-12H,5-9H2,1-4H3/t10-,11+/m0/s1. The van der Waals surface area contributed by atoms with Crippen LogP contribution in [0.1, 0.15) is 40.0 Å². The Balaban J connectivity index is 3.21. The molecule has 0 saturated heterocycles. The van der Waals surface area contributed by atoms with Gasteiger partial charge in [0.05, 0.1) is 0 Å². The summed E-state index contributed by atoms with van der Waals surface area (Å²) in [4.78, 5) is 0. The average Bonchev–Trinajstić information content (AvgIpc) is 2.16. The van der Waals surface area contributed by atoms with Crippen molar-refractivity contribution in [1.29, 1.82) is 0 Å². The third-order valence-corrected chi connectivity index (χ3v) is 2.74. The summed E-state index contributed by atoms with van der Waals surface area (Å²) in [6.07, 6.45) is 3.64. The minimum Gasteiger partial charge on any atom is -0.385 e. The van der Waals surface area contributed by atoms with Gasteiger partial charge in [0.2, 0.25) is 0 Å². The van der Waals surface area contributed by atoms with E-state index < -0.39 is 0 Å². The summed E-state index contributed by atoms with van der Waals surface area (Å²) in [5.41, 5.74) is 0. The molecule has 0 spiro atoms. The first-order valence-electron chi connectivity index (χ1n) is 5.44. The second-order valence-electron chi connectivity index (χ2n) is 3.83. The third kappa shape index (κ3) is 7.03. The number of hydrogen-bond acceptors (Lipinski definition) is 2. The maximum atomic E-state index is 4.99. The minimum absolute atomic E-state index is 0.646. The quantitative estimate of drug-likeness (QED) is 0.589. The lowest BCUT2D eigenvalue weighted by atomic mass is 10.0. The van der Waals surface area contributed by atoms with E-state index in [1.807, 2.05) is 0 Å². The first kappa shape index (κ1) is 12.9. The SMILES string of the molecule is CC[C@H](C)[C@@H](C)NCCCCOC. The molecule has 2 heteroatoms. The molecule has 0 bridgehead atoms. The lowest BCUT2D eigenvalue weighted by Gasteiger charge is -2.19. The Hall–Kier alpha value is -0.0800. The number of ether oxygens (including phenoxy) is 1. The van der Waals surface area contributed by atoms with Gasteiger partial charge in [0.15, 0.2) is 0 Å². The number of unbranched alkanes of at least 4 members (excludes halogenated alkanes) is 1. The van der Waals surface area contributed by atoms with Crippen LogP contribution in [0, 0.1) is 5.92 Å². The fraction of sp³-hybridized carbons (Fsp3) is 1.00. The van der Waals surface area contributed by atoms with Crippen molar-refractivity contribution in [2.45, 2.75) is 46.1 Å². The van der Waals surface area contributed by atoms with Crippen LogP contribution in [0.3, 0.4) is 0 Å². The lowest BCUT2D eigenvalue weighted by Crippen LogP contribution is -2.32. The van der Waals surface area contributed by atoms with Crippen molar-refractivity contribution >= 4 is 0 Å². The topological polar surface area (TPSA) is 21.3 Å². The van der Waals surface area contributed by atoms with Crippen LogP contribution in [-0.4, -0.2) is 26.3 Å². The molecular weight excluding hydrogens is 162 g/mol. The molecular formula is C11H25NO. The molecule has 0 fully saturated rings. The van der Waals surface area contributed by atoms with E-state index in [-0.39, 0.29) is 0 Å². The summed E-state index contributed by atoms with van der Waals surface area (Å²) in [5, 5.41) is 3.54. The van der Waals surface area contributed by atoms with E-state index in [9.17, 15) is 0 Å². The second-order valence-corrected chi connectivity index (χ2v) is 3.83. The van der Waals surface area contributed by atoms with E-state index in [0.717, 1.165) is 25.5 Å². The molecule has 0 saturated carbocycles. The molecule has 2 nitrogen and oxygen atoms in total. The summed E-state index contributed by atoms with van der Waals surface area (Å²) >= 11 is 0. The van der Waals surface area contributed by atoms with Crippen molar-refractivity contribution in [3.05, 3.63) is 0 Å². The zero-order valence-electron chi connectivity index (χ0n) is 9.60.